The molecule has 2 aromatic rings. The molecule has 1 aliphatic rings. The SMILES string of the molecule is NC1=c2cccc(CO)c2=NCc2sccc21. The van der Waals surface area contributed by atoms with Gasteiger partial charge in [-0.05, 0) is 11.4 Å². The maximum Gasteiger partial charge on any atom is 0.0747 e. The first-order valence-corrected chi connectivity index (χ1v) is 6.29. The van der Waals surface area contributed by atoms with Gasteiger partial charge in [0.25, 0.3) is 0 Å². The summed E-state index contributed by atoms with van der Waals surface area (Å²) in [5, 5.41) is 13.1. The summed E-state index contributed by atoms with van der Waals surface area (Å²) in [4.78, 5) is 5.75. The second kappa shape index (κ2) is 3.98. The van der Waals surface area contributed by atoms with Gasteiger partial charge < -0.3 is 10.8 Å². The van der Waals surface area contributed by atoms with E-state index in [-0.39, 0.29) is 6.61 Å². The van der Waals surface area contributed by atoms with Crippen LogP contribution < -0.4 is 16.3 Å². The number of nitrogens with two attached hydrogens (primary N) is 1. The first kappa shape index (κ1) is 10.5. The molecular formula is C13H12N2OS. The Labute approximate surface area is 103 Å². The molecule has 0 saturated heterocycles. The lowest BCUT2D eigenvalue weighted by atomic mass is 10.1. The van der Waals surface area contributed by atoms with E-state index in [0.717, 1.165) is 27.4 Å². The number of aliphatic hydroxyl groups is 1. The fourth-order valence-corrected chi connectivity index (χ4v) is 2.93. The van der Waals surface area contributed by atoms with Crippen LogP contribution in [0, 0.1) is 0 Å². The number of thiophene rings is 1. The highest BCUT2D eigenvalue weighted by Crippen LogP contribution is 2.21. The number of hydrogen-bond acceptors (Lipinski definition) is 4. The van der Waals surface area contributed by atoms with Gasteiger partial charge in [0.15, 0.2) is 0 Å². The highest BCUT2D eigenvalue weighted by atomic mass is 32.1. The largest absolute Gasteiger partial charge is 0.398 e. The normalized spacial score (nSPS) is 13.6. The van der Waals surface area contributed by atoms with Gasteiger partial charge in [0, 0.05) is 26.9 Å². The van der Waals surface area contributed by atoms with E-state index in [2.05, 4.69) is 4.99 Å². The maximum atomic E-state index is 9.33. The lowest BCUT2D eigenvalue weighted by molar-refractivity contribution is 0.280. The molecule has 0 atom stereocenters. The van der Waals surface area contributed by atoms with Crippen LogP contribution in [-0.4, -0.2) is 5.11 Å². The van der Waals surface area contributed by atoms with Crippen molar-refractivity contribution in [2.75, 3.05) is 0 Å². The molecule has 1 aliphatic heterocycles. The van der Waals surface area contributed by atoms with Gasteiger partial charge in [0.2, 0.25) is 0 Å². The molecule has 0 spiro atoms. The zero-order valence-electron chi connectivity index (χ0n) is 9.18. The van der Waals surface area contributed by atoms with Gasteiger partial charge in [-0.1, -0.05) is 18.2 Å². The number of aliphatic hydroxyl groups excluding tert-OH is 1. The number of nitrogens with zero attached hydrogens (tertiary/aromatic N) is 1. The fraction of sp³-hybridized carbons (Fsp3) is 0.154. The van der Waals surface area contributed by atoms with E-state index in [1.165, 1.54) is 4.88 Å². The molecule has 86 valence electrons. The van der Waals surface area contributed by atoms with Crippen molar-refractivity contribution in [3.05, 3.63) is 56.2 Å². The van der Waals surface area contributed by atoms with Crippen molar-refractivity contribution in [2.45, 2.75) is 13.2 Å². The standard InChI is InChI=1S/C13H12N2OS/c14-12-9-4-5-17-11(9)6-15-13-8(7-16)2-1-3-10(12)13/h1-5,16H,6-7,14H2. The molecule has 1 aromatic carbocycles. The minimum absolute atomic E-state index is 0.00635. The summed E-state index contributed by atoms with van der Waals surface area (Å²) in [5.74, 6) is 0. The van der Waals surface area contributed by atoms with E-state index < -0.39 is 0 Å². The van der Waals surface area contributed by atoms with E-state index in [9.17, 15) is 5.11 Å². The van der Waals surface area contributed by atoms with Gasteiger partial charge >= 0.3 is 0 Å². The van der Waals surface area contributed by atoms with Crippen LogP contribution in [0.3, 0.4) is 0 Å². The van der Waals surface area contributed by atoms with Crippen molar-refractivity contribution in [3.63, 3.8) is 0 Å². The van der Waals surface area contributed by atoms with Crippen LogP contribution in [0.2, 0.25) is 0 Å². The zero-order valence-corrected chi connectivity index (χ0v) is 10.00. The van der Waals surface area contributed by atoms with Crippen LogP contribution in [-0.2, 0) is 13.2 Å². The summed E-state index contributed by atoms with van der Waals surface area (Å²) in [7, 11) is 0. The van der Waals surface area contributed by atoms with Crippen molar-refractivity contribution in [1.82, 2.24) is 0 Å². The van der Waals surface area contributed by atoms with E-state index in [4.69, 9.17) is 5.73 Å². The quantitative estimate of drug-likeness (QED) is 0.767. The Bertz CT molecular complexity index is 688. The molecule has 0 aliphatic carbocycles. The second-order valence-electron chi connectivity index (χ2n) is 3.96. The van der Waals surface area contributed by atoms with Gasteiger partial charge in [-0.2, -0.15) is 0 Å². The summed E-state index contributed by atoms with van der Waals surface area (Å²) in [6, 6.07) is 7.78. The molecule has 3 N–H and O–H groups in total. The predicted molar refractivity (Wildman–Crippen MR) is 67.9 cm³/mol. The Morgan fingerprint density at radius 3 is 3.06 bits per heavy atom. The van der Waals surface area contributed by atoms with Crippen molar-refractivity contribution in [1.29, 1.82) is 0 Å². The fourth-order valence-electron chi connectivity index (χ4n) is 2.12. The van der Waals surface area contributed by atoms with Gasteiger partial charge in [-0.3, -0.25) is 4.99 Å². The monoisotopic (exact) mass is 244 g/mol. The van der Waals surface area contributed by atoms with Gasteiger partial charge in [-0.25, -0.2) is 0 Å². The lowest BCUT2D eigenvalue weighted by Gasteiger charge is -2.00. The predicted octanol–water partition coefficient (Wildman–Crippen LogP) is 0.489. The van der Waals surface area contributed by atoms with Gasteiger partial charge in [0.1, 0.15) is 0 Å². The first-order valence-electron chi connectivity index (χ1n) is 5.41. The smallest absolute Gasteiger partial charge is 0.0747 e. The molecule has 0 radical (unpaired) electrons. The van der Waals surface area contributed by atoms with E-state index in [1.54, 1.807) is 11.3 Å². The maximum absolute atomic E-state index is 9.33. The van der Waals surface area contributed by atoms with E-state index in [0.29, 0.717) is 6.54 Å². The van der Waals surface area contributed by atoms with Gasteiger partial charge in [0.05, 0.1) is 18.5 Å². The van der Waals surface area contributed by atoms with E-state index >= 15 is 0 Å². The Morgan fingerprint density at radius 1 is 1.35 bits per heavy atom. The third-order valence-electron chi connectivity index (χ3n) is 3.00. The number of rotatable bonds is 1. The van der Waals surface area contributed by atoms with Crippen LogP contribution in [0.1, 0.15) is 16.0 Å². The molecule has 0 saturated carbocycles. The molecule has 0 amide bonds. The molecule has 3 rings (SSSR count). The van der Waals surface area contributed by atoms with Crippen molar-refractivity contribution < 1.29 is 5.11 Å². The minimum Gasteiger partial charge on any atom is -0.398 e. The van der Waals surface area contributed by atoms with Crippen LogP contribution in [0.4, 0.5) is 0 Å². The summed E-state index contributed by atoms with van der Waals surface area (Å²) in [6.45, 7) is 0.630. The average Bonchev–Trinajstić information content (AvgIpc) is 2.78. The highest BCUT2D eigenvalue weighted by Gasteiger charge is 2.11. The van der Waals surface area contributed by atoms with Gasteiger partial charge in [-0.15, -0.1) is 11.3 Å². The van der Waals surface area contributed by atoms with E-state index in [1.807, 2.05) is 29.6 Å². The Kier molecular flexibility index (Phi) is 2.46. The molecule has 17 heavy (non-hydrogen) atoms. The molecular weight excluding hydrogens is 232 g/mol. The molecule has 4 heteroatoms. The molecule has 3 nitrogen and oxygen atoms in total. The topological polar surface area (TPSA) is 58.6 Å². The summed E-state index contributed by atoms with van der Waals surface area (Å²) in [5.41, 5.74) is 8.88. The van der Waals surface area contributed by atoms with Crippen LogP contribution in [0.5, 0.6) is 0 Å². The molecule has 0 bridgehead atoms. The van der Waals surface area contributed by atoms with Crippen LogP contribution >= 0.6 is 11.3 Å². The van der Waals surface area contributed by atoms with Crippen molar-refractivity contribution in [2.24, 2.45) is 10.7 Å². The van der Waals surface area contributed by atoms with Crippen LogP contribution in [0.15, 0.2) is 34.6 Å². The minimum atomic E-state index is -0.00635. The third-order valence-corrected chi connectivity index (χ3v) is 3.90. The van der Waals surface area contributed by atoms with Crippen molar-refractivity contribution >= 4 is 17.0 Å². The number of para-hydroxylation sites is 1. The Hall–Kier alpha value is -1.65. The lowest BCUT2D eigenvalue weighted by Crippen LogP contribution is -2.32. The third kappa shape index (κ3) is 1.57. The highest BCUT2D eigenvalue weighted by molar-refractivity contribution is 7.10. The summed E-state index contributed by atoms with van der Waals surface area (Å²) >= 11 is 1.67. The average molecular weight is 244 g/mol. The molecule has 0 fully saturated rings. The Morgan fingerprint density at radius 2 is 2.24 bits per heavy atom. The summed E-state index contributed by atoms with van der Waals surface area (Å²) < 4.78 is 0. The zero-order chi connectivity index (χ0) is 11.8. The number of hydrogen-bond donors (Lipinski definition) is 2. The second-order valence-corrected chi connectivity index (χ2v) is 4.96. The Balaban J connectivity index is 2.44. The molecule has 0 unspecified atom stereocenters. The number of benzene rings is 1. The first-order chi connectivity index (χ1) is 8.31. The van der Waals surface area contributed by atoms with Crippen molar-refractivity contribution in [3.8, 4) is 0 Å². The molecule has 1 aromatic heterocycles. The van der Waals surface area contributed by atoms with Crippen LogP contribution in [0.25, 0.3) is 5.70 Å². The molecule has 2 heterocycles. The summed E-state index contributed by atoms with van der Waals surface area (Å²) in [6.07, 6.45) is 0. The number of fused-ring (bicyclic) bond motifs is 2.